The molecule has 2 rings (SSSR count). The van der Waals surface area contributed by atoms with Crippen molar-refractivity contribution in [3.8, 4) is 0 Å². The molecule has 0 saturated carbocycles. The van der Waals surface area contributed by atoms with E-state index in [9.17, 15) is 4.79 Å². The summed E-state index contributed by atoms with van der Waals surface area (Å²) in [4.78, 5) is 14.0. The number of nitrogens with zero attached hydrogens (tertiary/aromatic N) is 1. The van der Waals surface area contributed by atoms with Gasteiger partial charge in [0.2, 0.25) is 0 Å². The zero-order valence-corrected chi connectivity index (χ0v) is 11.7. The summed E-state index contributed by atoms with van der Waals surface area (Å²) in [7, 11) is 1.48. The zero-order chi connectivity index (χ0) is 13.5. The van der Waals surface area contributed by atoms with Crippen LogP contribution in [0.1, 0.15) is 24.8 Å². The Morgan fingerprint density at radius 1 is 1.37 bits per heavy atom. The molecule has 0 aliphatic carbocycles. The second kappa shape index (κ2) is 7.29. The Hall–Kier alpha value is -1.35. The van der Waals surface area contributed by atoms with Gasteiger partial charge in [-0.1, -0.05) is 30.3 Å². The quantitative estimate of drug-likeness (QED) is 0.763. The van der Waals surface area contributed by atoms with Gasteiger partial charge in [0.1, 0.15) is 0 Å². The van der Waals surface area contributed by atoms with Crippen LogP contribution < -0.4 is 0 Å². The van der Waals surface area contributed by atoms with Crippen molar-refractivity contribution in [3.05, 3.63) is 35.9 Å². The molecule has 0 amide bonds. The van der Waals surface area contributed by atoms with E-state index < -0.39 is 0 Å². The lowest BCUT2D eigenvalue weighted by Crippen LogP contribution is -2.39. The molecule has 1 atom stereocenters. The number of carbonyl (C=O) groups excluding carboxylic acids is 1. The number of piperidine rings is 1. The third-order valence-electron chi connectivity index (χ3n) is 3.82. The van der Waals surface area contributed by atoms with Gasteiger partial charge in [0.25, 0.3) is 0 Å². The SMILES string of the molecule is COC(=O)C1CCCN(CCCc2ccccc2)C1. The van der Waals surface area contributed by atoms with Crippen molar-refractivity contribution in [1.82, 2.24) is 4.90 Å². The normalized spacial score (nSPS) is 20.2. The van der Waals surface area contributed by atoms with Crippen molar-refractivity contribution >= 4 is 5.97 Å². The van der Waals surface area contributed by atoms with Crippen LogP contribution in [-0.2, 0) is 16.0 Å². The molecule has 19 heavy (non-hydrogen) atoms. The maximum atomic E-state index is 11.6. The third-order valence-corrected chi connectivity index (χ3v) is 3.82. The van der Waals surface area contributed by atoms with Gasteiger partial charge in [0, 0.05) is 6.54 Å². The molecular weight excluding hydrogens is 238 g/mol. The van der Waals surface area contributed by atoms with Gasteiger partial charge in [0.05, 0.1) is 13.0 Å². The summed E-state index contributed by atoms with van der Waals surface area (Å²) in [6.45, 7) is 3.05. The van der Waals surface area contributed by atoms with E-state index in [1.807, 2.05) is 0 Å². The highest BCUT2D eigenvalue weighted by molar-refractivity contribution is 5.72. The molecule has 0 radical (unpaired) electrons. The number of rotatable bonds is 5. The number of esters is 1. The predicted molar refractivity (Wildman–Crippen MR) is 75.9 cm³/mol. The highest BCUT2D eigenvalue weighted by atomic mass is 16.5. The van der Waals surface area contributed by atoms with Gasteiger partial charge in [-0.05, 0) is 44.3 Å². The van der Waals surface area contributed by atoms with E-state index in [-0.39, 0.29) is 11.9 Å². The maximum Gasteiger partial charge on any atom is 0.309 e. The van der Waals surface area contributed by atoms with Gasteiger partial charge in [-0.3, -0.25) is 4.79 Å². The van der Waals surface area contributed by atoms with Crippen molar-refractivity contribution in [2.75, 3.05) is 26.7 Å². The fraction of sp³-hybridized carbons (Fsp3) is 0.562. The van der Waals surface area contributed by atoms with Gasteiger partial charge in [-0.2, -0.15) is 0 Å². The van der Waals surface area contributed by atoms with Crippen LogP contribution in [0, 0.1) is 5.92 Å². The number of likely N-dealkylation sites (tertiary alicyclic amines) is 1. The Bertz CT molecular complexity index is 391. The molecule has 3 nitrogen and oxygen atoms in total. The Labute approximate surface area is 115 Å². The molecule has 1 aromatic rings. The molecule has 0 bridgehead atoms. The molecular formula is C16H23NO2. The summed E-state index contributed by atoms with van der Waals surface area (Å²) in [5, 5.41) is 0. The Balaban J connectivity index is 1.72. The predicted octanol–water partition coefficient (Wildman–Crippen LogP) is 2.50. The lowest BCUT2D eigenvalue weighted by molar-refractivity contribution is -0.147. The summed E-state index contributed by atoms with van der Waals surface area (Å²) in [6, 6.07) is 10.6. The van der Waals surface area contributed by atoms with Crippen molar-refractivity contribution < 1.29 is 9.53 Å². The first-order valence-electron chi connectivity index (χ1n) is 7.13. The smallest absolute Gasteiger partial charge is 0.309 e. The topological polar surface area (TPSA) is 29.5 Å². The molecule has 0 N–H and O–H groups in total. The number of methoxy groups -OCH3 is 1. The lowest BCUT2D eigenvalue weighted by Gasteiger charge is -2.31. The number of hydrogen-bond acceptors (Lipinski definition) is 3. The number of hydrogen-bond donors (Lipinski definition) is 0. The Kier molecular flexibility index (Phi) is 5.40. The van der Waals surface area contributed by atoms with Crippen molar-refractivity contribution in [2.45, 2.75) is 25.7 Å². The highest BCUT2D eigenvalue weighted by Gasteiger charge is 2.25. The zero-order valence-electron chi connectivity index (χ0n) is 11.7. The Morgan fingerprint density at radius 2 is 2.16 bits per heavy atom. The van der Waals surface area contributed by atoms with E-state index in [2.05, 4.69) is 35.2 Å². The summed E-state index contributed by atoms with van der Waals surface area (Å²) in [5.41, 5.74) is 1.39. The summed E-state index contributed by atoms with van der Waals surface area (Å²) < 4.78 is 4.85. The van der Waals surface area contributed by atoms with E-state index in [1.165, 1.54) is 12.7 Å². The summed E-state index contributed by atoms with van der Waals surface area (Å²) >= 11 is 0. The fourth-order valence-electron chi connectivity index (χ4n) is 2.77. The Morgan fingerprint density at radius 3 is 2.89 bits per heavy atom. The summed E-state index contributed by atoms with van der Waals surface area (Å²) in [5.74, 6) is 0.0308. The lowest BCUT2D eigenvalue weighted by atomic mass is 9.98. The van der Waals surface area contributed by atoms with E-state index in [1.54, 1.807) is 0 Å². The van der Waals surface area contributed by atoms with Crippen molar-refractivity contribution in [2.24, 2.45) is 5.92 Å². The minimum Gasteiger partial charge on any atom is -0.469 e. The first-order chi connectivity index (χ1) is 9.29. The molecule has 0 aromatic heterocycles. The highest BCUT2D eigenvalue weighted by Crippen LogP contribution is 2.18. The molecule has 1 heterocycles. The van der Waals surface area contributed by atoms with E-state index in [4.69, 9.17) is 4.74 Å². The van der Waals surface area contributed by atoms with Gasteiger partial charge < -0.3 is 9.64 Å². The molecule has 1 saturated heterocycles. The largest absolute Gasteiger partial charge is 0.469 e. The van der Waals surface area contributed by atoms with Crippen LogP contribution in [0.15, 0.2) is 30.3 Å². The van der Waals surface area contributed by atoms with Crippen molar-refractivity contribution in [3.63, 3.8) is 0 Å². The number of aryl methyl sites for hydroxylation is 1. The van der Waals surface area contributed by atoms with Crippen molar-refractivity contribution in [1.29, 1.82) is 0 Å². The van der Waals surface area contributed by atoms with Crippen LogP contribution in [0.2, 0.25) is 0 Å². The first kappa shape index (κ1) is 14.1. The van der Waals surface area contributed by atoms with E-state index >= 15 is 0 Å². The number of benzene rings is 1. The molecule has 1 aliphatic rings. The van der Waals surface area contributed by atoms with Crippen LogP contribution >= 0.6 is 0 Å². The minimum atomic E-state index is -0.0484. The molecule has 1 fully saturated rings. The summed E-state index contributed by atoms with van der Waals surface area (Å²) in [6.07, 6.45) is 4.34. The molecule has 3 heteroatoms. The van der Waals surface area contributed by atoms with Crippen LogP contribution in [0.5, 0.6) is 0 Å². The van der Waals surface area contributed by atoms with Gasteiger partial charge >= 0.3 is 5.97 Å². The maximum absolute atomic E-state index is 11.6. The van der Waals surface area contributed by atoms with Crippen LogP contribution in [0.3, 0.4) is 0 Å². The van der Waals surface area contributed by atoms with E-state index in [0.29, 0.717) is 0 Å². The number of ether oxygens (including phenoxy) is 1. The monoisotopic (exact) mass is 261 g/mol. The number of carbonyl (C=O) groups is 1. The van der Waals surface area contributed by atoms with Crippen LogP contribution in [0.25, 0.3) is 0 Å². The third kappa shape index (κ3) is 4.35. The van der Waals surface area contributed by atoms with Crippen LogP contribution in [0.4, 0.5) is 0 Å². The second-order valence-electron chi connectivity index (χ2n) is 5.25. The average molecular weight is 261 g/mol. The van der Waals surface area contributed by atoms with Gasteiger partial charge in [0.15, 0.2) is 0 Å². The average Bonchev–Trinajstić information content (AvgIpc) is 2.48. The molecule has 0 spiro atoms. The van der Waals surface area contributed by atoms with Gasteiger partial charge in [-0.15, -0.1) is 0 Å². The van der Waals surface area contributed by atoms with E-state index in [0.717, 1.165) is 45.3 Å². The van der Waals surface area contributed by atoms with Crippen LogP contribution in [-0.4, -0.2) is 37.6 Å². The van der Waals surface area contributed by atoms with Gasteiger partial charge in [-0.25, -0.2) is 0 Å². The second-order valence-corrected chi connectivity index (χ2v) is 5.25. The fourth-order valence-corrected chi connectivity index (χ4v) is 2.77. The molecule has 104 valence electrons. The minimum absolute atomic E-state index is 0.0484. The standard InChI is InChI=1S/C16H23NO2/c1-19-16(18)15-10-6-12-17(13-15)11-5-9-14-7-3-2-4-8-14/h2-4,7-8,15H,5-6,9-13H2,1H3. The first-order valence-corrected chi connectivity index (χ1v) is 7.13. The molecule has 1 aromatic carbocycles. The molecule has 1 unspecified atom stereocenters. The molecule has 1 aliphatic heterocycles.